The second-order valence-corrected chi connectivity index (χ2v) is 5.81. The van der Waals surface area contributed by atoms with E-state index in [1.807, 2.05) is 48.5 Å². The van der Waals surface area contributed by atoms with Gasteiger partial charge in [-0.05, 0) is 31.0 Å². The zero-order valence-corrected chi connectivity index (χ0v) is 12.0. The highest BCUT2D eigenvalue weighted by Crippen LogP contribution is 2.37. The molecule has 0 saturated heterocycles. The minimum atomic E-state index is -0.175. The summed E-state index contributed by atoms with van der Waals surface area (Å²) in [7, 11) is 0. The Labute approximate surface area is 126 Å². The van der Waals surface area contributed by atoms with Crippen molar-refractivity contribution >= 4 is 22.5 Å². The molecule has 1 aliphatic carbocycles. The van der Waals surface area contributed by atoms with Crippen LogP contribution in [0.5, 0.6) is 0 Å². The molecule has 0 N–H and O–H groups in total. The van der Waals surface area contributed by atoms with Crippen LogP contribution in [-0.4, -0.2) is 9.55 Å². The van der Waals surface area contributed by atoms with Crippen LogP contribution in [0.25, 0.3) is 22.2 Å². The fraction of sp³-hybridized carbons (Fsp3) is 0.176. The zero-order chi connectivity index (χ0) is 14.4. The Bertz CT molecular complexity index is 882. The molecule has 2 aromatic carbocycles. The number of halogens is 1. The first-order valence-corrected chi connectivity index (χ1v) is 7.39. The van der Waals surface area contributed by atoms with Crippen LogP contribution in [0, 0.1) is 0 Å². The SMILES string of the molecule is O=c1nc(-c2ccccc2)c2cc(Cl)ccc2n1C1CC1. The molecule has 0 amide bonds. The summed E-state index contributed by atoms with van der Waals surface area (Å²) < 4.78 is 1.80. The van der Waals surface area contributed by atoms with Gasteiger partial charge in [-0.1, -0.05) is 41.9 Å². The standard InChI is InChI=1S/C17H13ClN2O/c18-12-6-9-15-14(10-12)16(11-4-2-1-3-5-11)19-17(21)20(15)13-7-8-13/h1-6,9-10,13H,7-8H2. The molecule has 3 aromatic rings. The van der Waals surface area contributed by atoms with Gasteiger partial charge >= 0.3 is 5.69 Å². The number of fused-ring (bicyclic) bond motifs is 1. The summed E-state index contributed by atoms with van der Waals surface area (Å²) in [5.74, 6) is 0. The maximum atomic E-state index is 12.4. The molecule has 0 spiro atoms. The second-order valence-electron chi connectivity index (χ2n) is 5.37. The minimum Gasteiger partial charge on any atom is -0.289 e. The average molecular weight is 297 g/mol. The van der Waals surface area contributed by atoms with Gasteiger partial charge in [-0.3, -0.25) is 4.57 Å². The molecule has 0 bridgehead atoms. The number of aromatic nitrogens is 2. The van der Waals surface area contributed by atoms with Crippen molar-refractivity contribution in [2.24, 2.45) is 0 Å². The van der Waals surface area contributed by atoms with Crippen molar-refractivity contribution in [3.05, 3.63) is 64.0 Å². The van der Waals surface area contributed by atoms with Gasteiger partial charge in [0.05, 0.1) is 11.2 Å². The monoisotopic (exact) mass is 296 g/mol. The summed E-state index contributed by atoms with van der Waals surface area (Å²) in [5.41, 5.74) is 2.38. The lowest BCUT2D eigenvalue weighted by molar-refractivity contribution is 0.714. The Morgan fingerprint density at radius 2 is 1.86 bits per heavy atom. The van der Waals surface area contributed by atoms with Gasteiger partial charge in [0.25, 0.3) is 0 Å². The van der Waals surface area contributed by atoms with Gasteiger partial charge in [0.2, 0.25) is 0 Å². The van der Waals surface area contributed by atoms with Crippen molar-refractivity contribution in [1.29, 1.82) is 0 Å². The largest absolute Gasteiger partial charge is 0.348 e. The number of hydrogen-bond donors (Lipinski definition) is 0. The van der Waals surface area contributed by atoms with Crippen molar-refractivity contribution in [2.75, 3.05) is 0 Å². The maximum absolute atomic E-state index is 12.4. The van der Waals surface area contributed by atoms with Gasteiger partial charge in [0.1, 0.15) is 0 Å². The van der Waals surface area contributed by atoms with Gasteiger partial charge in [0, 0.05) is 22.0 Å². The molecular formula is C17H13ClN2O. The molecule has 104 valence electrons. The van der Waals surface area contributed by atoms with Crippen LogP contribution in [0.2, 0.25) is 5.02 Å². The molecule has 1 fully saturated rings. The highest BCUT2D eigenvalue weighted by Gasteiger charge is 2.27. The average Bonchev–Trinajstić information content (AvgIpc) is 3.32. The number of nitrogens with zero attached hydrogens (tertiary/aromatic N) is 2. The lowest BCUT2D eigenvalue weighted by Gasteiger charge is -2.12. The third-order valence-corrected chi connectivity index (χ3v) is 4.08. The van der Waals surface area contributed by atoms with Gasteiger partial charge < -0.3 is 0 Å². The Hall–Kier alpha value is -2.13. The van der Waals surface area contributed by atoms with Gasteiger partial charge in [-0.25, -0.2) is 4.79 Å². The summed E-state index contributed by atoms with van der Waals surface area (Å²) in [6.45, 7) is 0. The van der Waals surface area contributed by atoms with Crippen LogP contribution < -0.4 is 5.69 Å². The highest BCUT2D eigenvalue weighted by molar-refractivity contribution is 6.31. The topological polar surface area (TPSA) is 34.9 Å². The summed E-state index contributed by atoms with van der Waals surface area (Å²) in [6.07, 6.45) is 2.09. The number of rotatable bonds is 2. The summed E-state index contributed by atoms with van der Waals surface area (Å²) >= 11 is 6.15. The van der Waals surface area contributed by atoms with E-state index < -0.39 is 0 Å². The van der Waals surface area contributed by atoms with Gasteiger partial charge in [0.15, 0.2) is 0 Å². The van der Waals surface area contributed by atoms with Crippen LogP contribution in [0.4, 0.5) is 0 Å². The van der Waals surface area contributed by atoms with Crippen LogP contribution in [0.15, 0.2) is 53.3 Å². The molecule has 3 nitrogen and oxygen atoms in total. The quantitative estimate of drug-likeness (QED) is 0.715. The first-order chi connectivity index (χ1) is 10.2. The molecule has 0 radical (unpaired) electrons. The summed E-state index contributed by atoms with van der Waals surface area (Å²) in [5, 5.41) is 1.59. The van der Waals surface area contributed by atoms with Crippen molar-refractivity contribution in [3.8, 4) is 11.3 Å². The Morgan fingerprint density at radius 3 is 2.57 bits per heavy atom. The van der Waals surface area contributed by atoms with Crippen molar-refractivity contribution in [1.82, 2.24) is 9.55 Å². The van der Waals surface area contributed by atoms with Crippen molar-refractivity contribution < 1.29 is 0 Å². The highest BCUT2D eigenvalue weighted by atomic mass is 35.5. The fourth-order valence-electron chi connectivity index (χ4n) is 2.72. The number of benzene rings is 2. The van der Waals surface area contributed by atoms with Gasteiger partial charge in [-0.15, -0.1) is 0 Å². The second kappa shape index (κ2) is 4.71. The Kier molecular flexibility index (Phi) is 2.82. The van der Waals surface area contributed by atoms with Crippen LogP contribution in [-0.2, 0) is 0 Å². The predicted molar refractivity (Wildman–Crippen MR) is 84.7 cm³/mol. The van der Waals surface area contributed by atoms with Crippen molar-refractivity contribution in [2.45, 2.75) is 18.9 Å². The molecule has 1 heterocycles. The van der Waals surface area contributed by atoms with E-state index in [1.165, 1.54) is 0 Å². The van der Waals surface area contributed by atoms with Crippen molar-refractivity contribution in [3.63, 3.8) is 0 Å². The molecule has 1 aromatic heterocycles. The molecule has 4 rings (SSSR count). The van der Waals surface area contributed by atoms with E-state index >= 15 is 0 Å². The molecule has 4 heteroatoms. The van der Waals surface area contributed by atoms with E-state index in [4.69, 9.17) is 11.6 Å². The number of hydrogen-bond acceptors (Lipinski definition) is 2. The van der Waals surface area contributed by atoms with E-state index in [2.05, 4.69) is 4.98 Å². The minimum absolute atomic E-state index is 0.175. The molecular weight excluding hydrogens is 284 g/mol. The van der Waals surface area contributed by atoms with E-state index in [-0.39, 0.29) is 5.69 Å². The lowest BCUT2D eigenvalue weighted by Crippen LogP contribution is -2.23. The van der Waals surface area contributed by atoms with E-state index in [0.29, 0.717) is 16.8 Å². The smallest absolute Gasteiger partial charge is 0.289 e. The van der Waals surface area contributed by atoms with E-state index in [9.17, 15) is 4.79 Å². The molecule has 1 aliphatic rings. The molecule has 21 heavy (non-hydrogen) atoms. The predicted octanol–water partition coefficient (Wildman–Crippen LogP) is 4.05. The summed E-state index contributed by atoms with van der Waals surface area (Å²) in [4.78, 5) is 16.7. The van der Waals surface area contributed by atoms with Crippen LogP contribution >= 0.6 is 11.6 Å². The molecule has 0 aliphatic heterocycles. The van der Waals surface area contributed by atoms with Gasteiger partial charge in [-0.2, -0.15) is 4.98 Å². The van der Waals surface area contributed by atoms with Crippen LogP contribution in [0.3, 0.4) is 0 Å². The molecule has 0 unspecified atom stereocenters. The third kappa shape index (κ3) is 2.14. The Balaban J connectivity index is 2.10. The fourth-order valence-corrected chi connectivity index (χ4v) is 2.89. The third-order valence-electron chi connectivity index (χ3n) is 3.85. The lowest BCUT2D eigenvalue weighted by atomic mass is 10.1. The normalized spacial score (nSPS) is 14.5. The summed E-state index contributed by atoms with van der Waals surface area (Å²) in [6, 6.07) is 15.7. The maximum Gasteiger partial charge on any atom is 0.348 e. The Morgan fingerprint density at radius 1 is 1.10 bits per heavy atom. The van der Waals surface area contributed by atoms with E-state index in [0.717, 1.165) is 29.3 Å². The van der Waals surface area contributed by atoms with Crippen LogP contribution in [0.1, 0.15) is 18.9 Å². The zero-order valence-electron chi connectivity index (χ0n) is 11.3. The first kappa shape index (κ1) is 12.6. The van der Waals surface area contributed by atoms with E-state index in [1.54, 1.807) is 4.57 Å². The first-order valence-electron chi connectivity index (χ1n) is 7.01. The molecule has 1 saturated carbocycles. The molecule has 0 atom stereocenters.